The Morgan fingerprint density at radius 3 is 2.47 bits per heavy atom. The number of hydrogen-bond donors (Lipinski definition) is 3. The molecule has 0 bridgehead atoms. The number of anilines is 1. The first-order chi connectivity index (χ1) is 8.81. The zero-order chi connectivity index (χ0) is 14.6. The number of amidine groups is 1. The summed E-state index contributed by atoms with van der Waals surface area (Å²) in [4.78, 5) is 1.70. The fourth-order valence-corrected chi connectivity index (χ4v) is 1.79. The van der Waals surface area contributed by atoms with Crippen LogP contribution in [-0.2, 0) is 6.18 Å². The van der Waals surface area contributed by atoms with Gasteiger partial charge in [0.2, 0.25) is 0 Å². The van der Waals surface area contributed by atoms with E-state index in [-0.39, 0.29) is 12.2 Å². The molecule has 0 radical (unpaired) electrons. The van der Waals surface area contributed by atoms with Crippen molar-refractivity contribution in [2.45, 2.75) is 13.1 Å². The molecule has 1 aromatic rings. The van der Waals surface area contributed by atoms with E-state index in [2.05, 4.69) is 0 Å². The minimum absolute atomic E-state index is 0.107. The number of hydrogen-bond acceptors (Lipinski definition) is 3. The number of likely N-dealkylation sites (N-methyl/N-ethyl adjacent to an activating group) is 1. The van der Waals surface area contributed by atoms with Crippen molar-refractivity contribution in [3.05, 3.63) is 29.3 Å². The SMILES string of the molecule is CCN(CCO)c1ccc(C(F)(F)F)c(C(=N)N)c1. The number of alkyl halides is 3. The van der Waals surface area contributed by atoms with Gasteiger partial charge in [0.15, 0.2) is 0 Å². The lowest BCUT2D eigenvalue weighted by molar-refractivity contribution is -0.137. The van der Waals surface area contributed by atoms with Gasteiger partial charge in [0.25, 0.3) is 0 Å². The lowest BCUT2D eigenvalue weighted by Gasteiger charge is -2.23. The summed E-state index contributed by atoms with van der Waals surface area (Å²) in [6.45, 7) is 2.55. The van der Waals surface area contributed by atoms with Gasteiger partial charge in [-0.15, -0.1) is 0 Å². The van der Waals surface area contributed by atoms with Crippen LogP contribution in [0.5, 0.6) is 0 Å². The highest BCUT2D eigenvalue weighted by molar-refractivity contribution is 5.97. The van der Waals surface area contributed by atoms with Crippen molar-refractivity contribution in [2.24, 2.45) is 5.73 Å². The maximum absolute atomic E-state index is 12.8. The molecule has 4 N–H and O–H groups in total. The first-order valence-electron chi connectivity index (χ1n) is 5.72. The molecule has 0 spiro atoms. The van der Waals surface area contributed by atoms with Crippen molar-refractivity contribution in [2.75, 3.05) is 24.6 Å². The number of nitrogens with two attached hydrogens (primary N) is 1. The highest BCUT2D eigenvalue weighted by Gasteiger charge is 2.34. The lowest BCUT2D eigenvalue weighted by atomic mass is 10.0. The van der Waals surface area contributed by atoms with Crippen molar-refractivity contribution >= 4 is 11.5 Å². The number of nitrogens with zero attached hydrogens (tertiary/aromatic N) is 1. The number of nitrogen functional groups attached to an aromatic ring is 1. The van der Waals surface area contributed by atoms with Gasteiger partial charge in [-0.05, 0) is 25.1 Å². The minimum atomic E-state index is -4.55. The third-order valence-corrected chi connectivity index (χ3v) is 2.72. The van der Waals surface area contributed by atoms with E-state index in [0.29, 0.717) is 18.8 Å². The van der Waals surface area contributed by atoms with Gasteiger partial charge in [-0.3, -0.25) is 5.41 Å². The maximum Gasteiger partial charge on any atom is 0.417 e. The molecular formula is C12H16F3N3O. The van der Waals surface area contributed by atoms with Gasteiger partial charge in [-0.1, -0.05) is 0 Å². The molecule has 0 atom stereocenters. The summed E-state index contributed by atoms with van der Waals surface area (Å²) in [6.07, 6.45) is -4.55. The zero-order valence-corrected chi connectivity index (χ0v) is 10.5. The van der Waals surface area contributed by atoms with E-state index in [1.165, 1.54) is 12.1 Å². The van der Waals surface area contributed by atoms with Crippen LogP contribution in [0.2, 0.25) is 0 Å². The van der Waals surface area contributed by atoms with E-state index in [0.717, 1.165) is 6.07 Å². The van der Waals surface area contributed by atoms with Crippen LogP contribution >= 0.6 is 0 Å². The van der Waals surface area contributed by atoms with Crippen LogP contribution in [0.4, 0.5) is 18.9 Å². The summed E-state index contributed by atoms with van der Waals surface area (Å²) < 4.78 is 38.3. The van der Waals surface area contributed by atoms with Crippen LogP contribution in [0, 0.1) is 5.41 Å². The van der Waals surface area contributed by atoms with E-state index < -0.39 is 17.6 Å². The Bertz CT molecular complexity index is 460. The minimum Gasteiger partial charge on any atom is -0.395 e. The first-order valence-corrected chi connectivity index (χ1v) is 5.72. The monoisotopic (exact) mass is 275 g/mol. The first kappa shape index (κ1) is 15.3. The fraction of sp³-hybridized carbons (Fsp3) is 0.417. The van der Waals surface area contributed by atoms with Crippen molar-refractivity contribution in [1.29, 1.82) is 5.41 Å². The lowest BCUT2D eigenvalue weighted by Crippen LogP contribution is -2.27. The number of nitrogens with one attached hydrogen (secondary N) is 1. The summed E-state index contributed by atoms with van der Waals surface area (Å²) in [6, 6.07) is 3.45. The predicted molar refractivity (Wildman–Crippen MR) is 67.4 cm³/mol. The van der Waals surface area contributed by atoms with E-state index in [1.54, 1.807) is 4.90 Å². The topological polar surface area (TPSA) is 73.3 Å². The van der Waals surface area contributed by atoms with Crippen LogP contribution in [0.15, 0.2) is 18.2 Å². The second kappa shape index (κ2) is 5.92. The van der Waals surface area contributed by atoms with Crippen LogP contribution in [-0.4, -0.2) is 30.6 Å². The number of benzene rings is 1. The highest BCUT2D eigenvalue weighted by atomic mass is 19.4. The van der Waals surface area contributed by atoms with Crippen LogP contribution in [0.1, 0.15) is 18.1 Å². The smallest absolute Gasteiger partial charge is 0.395 e. The highest BCUT2D eigenvalue weighted by Crippen LogP contribution is 2.33. The average molecular weight is 275 g/mol. The van der Waals surface area contributed by atoms with Gasteiger partial charge >= 0.3 is 6.18 Å². The average Bonchev–Trinajstić information content (AvgIpc) is 2.34. The quantitative estimate of drug-likeness (QED) is 0.567. The molecule has 0 aliphatic rings. The molecule has 0 saturated carbocycles. The molecule has 7 heteroatoms. The zero-order valence-electron chi connectivity index (χ0n) is 10.5. The molecule has 19 heavy (non-hydrogen) atoms. The van der Waals surface area contributed by atoms with Gasteiger partial charge in [0, 0.05) is 24.3 Å². The fourth-order valence-electron chi connectivity index (χ4n) is 1.79. The molecule has 0 fully saturated rings. The molecule has 0 aromatic heterocycles. The van der Waals surface area contributed by atoms with Gasteiger partial charge < -0.3 is 15.7 Å². The van der Waals surface area contributed by atoms with Gasteiger partial charge in [-0.25, -0.2) is 0 Å². The number of halogens is 3. The Morgan fingerprint density at radius 1 is 1.42 bits per heavy atom. The molecule has 0 saturated heterocycles. The largest absolute Gasteiger partial charge is 0.417 e. The van der Waals surface area contributed by atoms with Gasteiger partial charge in [-0.2, -0.15) is 13.2 Å². The third-order valence-electron chi connectivity index (χ3n) is 2.72. The van der Waals surface area contributed by atoms with Gasteiger partial charge in [0.1, 0.15) is 5.84 Å². The normalized spacial score (nSPS) is 11.4. The van der Waals surface area contributed by atoms with E-state index in [1.807, 2.05) is 6.92 Å². The van der Waals surface area contributed by atoms with Crippen molar-refractivity contribution in [3.63, 3.8) is 0 Å². The van der Waals surface area contributed by atoms with Gasteiger partial charge in [0.05, 0.1) is 12.2 Å². The van der Waals surface area contributed by atoms with Crippen molar-refractivity contribution in [3.8, 4) is 0 Å². The molecule has 0 unspecified atom stereocenters. The predicted octanol–water partition coefficient (Wildman–Crippen LogP) is 1.81. The number of aliphatic hydroxyl groups is 1. The summed E-state index contributed by atoms with van der Waals surface area (Å²) in [5.74, 6) is -0.630. The van der Waals surface area contributed by atoms with Crippen LogP contribution in [0.3, 0.4) is 0 Å². The summed E-state index contributed by atoms with van der Waals surface area (Å²) in [5, 5.41) is 16.2. The second-order valence-electron chi connectivity index (χ2n) is 3.94. The summed E-state index contributed by atoms with van der Waals surface area (Å²) in [7, 11) is 0. The Labute approximate surface area is 109 Å². The molecule has 0 aliphatic heterocycles. The standard InChI is InChI=1S/C12H16F3N3O/c1-2-18(5-6-19)8-3-4-10(12(13,14)15)9(7-8)11(16)17/h3-4,7,19H,2,5-6H2,1H3,(H3,16,17). The molecule has 0 aliphatic carbocycles. The van der Waals surface area contributed by atoms with E-state index in [9.17, 15) is 13.2 Å². The summed E-state index contributed by atoms with van der Waals surface area (Å²) >= 11 is 0. The van der Waals surface area contributed by atoms with Crippen molar-refractivity contribution in [1.82, 2.24) is 0 Å². The molecule has 1 aromatic carbocycles. The Kier molecular flexibility index (Phi) is 4.77. The van der Waals surface area contributed by atoms with Crippen LogP contribution in [0.25, 0.3) is 0 Å². The maximum atomic E-state index is 12.8. The molecular weight excluding hydrogens is 259 g/mol. The molecule has 1 rings (SSSR count). The Balaban J connectivity index is 3.27. The third kappa shape index (κ3) is 3.60. The molecule has 0 heterocycles. The molecule has 4 nitrogen and oxygen atoms in total. The summed E-state index contributed by atoms with van der Waals surface area (Å²) in [5.41, 5.74) is 4.43. The molecule has 106 valence electrons. The number of aliphatic hydroxyl groups excluding tert-OH is 1. The second-order valence-corrected chi connectivity index (χ2v) is 3.94. The number of rotatable bonds is 5. The Hall–Kier alpha value is -1.76. The van der Waals surface area contributed by atoms with E-state index >= 15 is 0 Å². The van der Waals surface area contributed by atoms with Crippen molar-refractivity contribution < 1.29 is 18.3 Å². The van der Waals surface area contributed by atoms with E-state index in [4.69, 9.17) is 16.2 Å². The molecule has 0 amide bonds. The Morgan fingerprint density at radius 2 is 2.05 bits per heavy atom. The van der Waals surface area contributed by atoms with Crippen LogP contribution < -0.4 is 10.6 Å².